The van der Waals surface area contributed by atoms with Crippen molar-refractivity contribution in [3.63, 3.8) is 0 Å². The van der Waals surface area contributed by atoms with E-state index in [-0.39, 0.29) is 5.92 Å². The second-order valence-electron chi connectivity index (χ2n) is 6.12. The summed E-state index contributed by atoms with van der Waals surface area (Å²) in [7, 11) is 3.37. The third-order valence-electron chi connectivity index (χ3n) is 4.82. The van der Waals surface area contributed by atoms with Gasteiger partial charge in [-0.25, -0.2) is 4.79 Å². The van der Waals surface area contributed by atoms with Crippen molar-refractivity contribution < 1.29 is 19.4 Å². The van der Waals surface area contributed by atoms with E-state index in [0.29, 0.717) is 12.0 Å². The molecule has 0 aromatic heterocycles. The van der Waals surface area contributed by atoms with E-state index in [1.165, 1.54) is 11.1 Å². The van der Waals surface area contributed by atoms with Crippen molar-refractivity contribution in [2.75, 3.05) is 14.2 Å². The zero-order chi connectivity index (χ0) is 17.1. The number of carbonyl (C=O) groups is 1. The molecule has 4 heteroatoms. The highest BCUT2D eigenvalue weighted by Gasteiger charge is 2.28. The normalized spacial score (nSPS) is 16.3. The van der Waals surface area contributed by atoms with Crippen LogP contribution < -0.4 is 9.47 Å². The number of benzene rings is 2. The Hall–Kier alpha value is -2.49. The second-order valence-corrected chi connectivity index (χ2v) is 6.12. The summed E-state index contributed by atoms with van der Waals surface area (Å²) in [6.07, 6.45) is 3.74. The number of methoxy groups -OCH3 is 2. The van der Waals surface area contributed by atoms with Gasteiger partial charge in [0, 0.05) is 11.1 Å². The molecule has 2 aromatic carbocycles. The number of carboxylic acids is 1. The Labute approximate surface area is 142 Å². The molecule has 2 aromatic rings. The molecule has 126 valence electrons. The van der Waals surface area contributed by atoms with Crippen molar-refractivity contribution in [1.29, 1.82) is 0 Å². The van der Waals surface area contributed by atoms with E-state index < -0.39 is 5.97 Å². The molecule has 0 fully saturated rings. The van der Waals surface area contributed by atoms with Crippen LogP contribution >= 0.6 is 0 Å². The second kappa shape index (κ2) is 6.95. The lowest BCUT2D eigenvalue weighted by atomic mass is 9.78. The van der Waals surface area contributed by atoms with Crippen LogP contribution in [0, 0.1) is 0 Å². The van der Waals surface area contributed by atoms with Gasteiger partial charge >= 0.3 is 5.97 Å². The Morgan fingerprint density at radius 3 is 2.54 bits per heavy atom. The largest absolute Gasteiger partial charge is 0.496 e. The third-order valence-corrected chi connectivity index (χ3v) is 4.82. The molecule has 0 saturated carbocycles. The number of hydrogen-bond acceptors (Lipinski definition) is 3. The van der Waals surface area contributed by atoms with Crippen LogP contribution in [0.2, 0.25) is 0 Å². The first kappa shape index (κ1) is 16.4. The maximum absolute atomic E-state index is 11.5. The van der Waals surface area contributed by atoms with E-state index in [4.69, 9.17) is 9.47 Å². The minimum absolute atomic E-state index is 0.235. The standard InChI is InChI=1S/C20H22O4/c1-23-17-10-11-18(24-2)19-14(7-5-9-16(17)19)12-13-6-3-4-8-15(13)20(21)22/h3-4,6,8,10-11,14H,5,7,9,12H2,1-2H3,(H,21,22). The summed E-state index contributed by atoms with van der Waals surface area (Å²) >= 11 is 0. The van der Waals surface area contributed by atoms with Gasteiger partial charge in [-0.3, -0.25) is 0 Å². The van der Waals surface area contributed by atoms with Crippen LogP contribution in [0.15, 0.2) is 36.4 Å². The molecule has 0 aliphatic heterocycles. The van der Waals surface area contributed by atoms with Gasteiger partial charge < -0.3 is 14.6 Å². The van der Waals surface area contributed by atoms with Crippen LogP contribution in [-0.2, 0) is 12.8 Å². The van der Waals surface area contributed by atoms with Crippen LogP contribution in [0.5, 0.6) is 11.5 Å². The van der Waals surface area contributed by atoms with Crippen molar-refractivity contribution in [2.45, 2.75) is 31.6 Å². The van der Waals surface area contributed by atoms with Crippen molar-refractivity contribution in [1.82, 2.24) is 0 Å². The van der Waals surface area contributed by atoms with E-state index in [1.54, 1.807) is 26.4 Å². The van der Waals surface area contributed by atoms with Gasteiger partial charge in [-0.2, -0.15) is 0 Å². The fourth-order valence-corrected chi connectivity index (χ4v) is 3.74. The van der Waals surface area contributed by atoms with Crippen molar-refractivity contribution in [3.05, 3.63) is 58.7 Å². The third kappa shape index (κ3) is 2.96. The minimum atomic E-state index is -0.876. The first-order valence-corrected chi connectivity index (χ1v) is 8.20. The van der Waals surface area contributed by atoms with Crippen LogP contribution in [0.4, 0.5) is 0 Å². The van der Waals surface area contributed by atoms with Crippen LogP contribution in [0.3, 0.4) is 0 Å². The molecule has 0 bridgehead atoms. The average Bonchev–Trinajstić information content (AvgIpc) is 2.61. The summed E-state index contributed by atoms with van der Waals surface area (Å²) < 4.78 is 11.1. The molecular formula is C20H22O4. The fourth-order valence-electron chi connectivity index (χ4n) is 3.74. The van der Waals surface area contributed by atoms with Crippen LogP contribution in [0.1, 0.15) is 45.8 Å². The molecule has 0 spiro atoms. The highest BCUT2D eigenvalue weighted by Crippen LogP contribution is 2.43. The molecule has 1 aliphatic carbocycles. The number of hydrogen-bond donors (Lipinski definition) is 1. The number of aromatic carboxylic acids is 1. The number of carboxylic acid groups (broad SMARTS) is 1. The Bertz CT molecular complexity index is 751. The molecular weight excluding hydrogens is 304 g/mol. The number of ether oxygens (including phenoxy) is 2. The Morgan fingerprint density at radius 2 is 1.83 bits per heavy atom. The Morgan fingerprint density at radius 1 is 1.12 bits per heavy atom. The van der Waals surface area contributed by atoms with Gasteiger partial charge in [0.25, 0.3) is 0 Å². The van der Waals surface area contributed by atoms with E-state index in [1.807, 2.05) is 24.3 Å². The molecule has 0 amide bonds. The summed E-state index contributed by atoms with van der Waals surface area (Å²) in [5.74, 6) is 1.11. The number of rotatable bonds is 5. The summed E-state index contributed by atoms with van der Waals surface area (Å²) in [4.78, 5) is 11.5. The van der Waals surface area contributed by atoms with E-state index in [9.17, 15) is 9.90 Å². The maximum atomic E-state index is 11.5. The maximum Gasteiger partial charge on any atom is 0.335 e. The fraction of sp³-hybridized carbons (Fsp3) is 0.350. The summed E-state index contributed by atoms with van der Waals surface area (Å²) in [5, 5.41) is 9.43. The van der Waals surface area contributed by atoms with Crippen LogP contribution in [0.25, 0.3) is 0 Å². The quantitative estimate of drug-likeness (QED) is 0.900. The summed E-state index contributed by atoms with van der Waals surface area (Å²) in [6.45, 7) is 0. The lowest BCUT2D eigenvalue weighted by Gasteiger charge is -2.29. The minimum Gasteiger partial charge on any atom is -0.496 e. The lowest BCUT2D eigenvalue weighted by Crippen LogP contribution is -2.16. The topological polar surface area (TPSA) is 55.8 Å². The van der Waals surface area contributed by atoms with E-state index in [0.717, 1.165) is 36.3 Å². The smallest absolute Gasteiger partial charge is 0.335 e. The predicted octanol–water partition coefficient (Wildman–Crippen LogP) is 4.06. The zero-order valence-corrected chi connectivity index (χ0v) is 14.0. The molecule has 0 radical (unpaired) electrons. The molecule has 1 atom stereocenters. The lowest BCUT2D eigenvalue weighted by molar-refractivity contribution is 0.0695. The summed E-state index contributed by atoms with van der Waals surface area (Å²) in [5.41, 5.74) is 3.61. The van der Waals surface area contributed by atoms with Crippen molar-refractivity contribution in [3.8, 4) is 11.5 Å². The molecule has 1 unspecified atom stereocenters. The monoisotopic (exact) mass is 326 g/mol. The van der Waals surface area contributed by atoms with Gasteiger partial charge in [0.15, 0.2) is 0 Å². The molecule has 3 rings (SSSR count). The van der Waals surface area contributed by atoms with Gasteiger partial charge in [-0.15, -0.1) is 0 Å². The molecule has 1 N–H and O–H groups in total. The number of fused-ring (bicyclic) bond motifs is 1. The summed E-state index contributed by atoms with van der Waals surface area (Å²) in [6, 6.07) is 11.1. The molecule has 1 aliphatic rings. The van der Waals surface area contributed by atoms with Gasteiger partial charge in [0.05, 0.1) is 19.8 Å². The first-order valence-electron chi connectivity index (χ1n) is 8.20. The zero-order valence-electron chi connectivity index (χ0n) is 14.0. The van der Waals surface area contributed by atoms with Crippen LogP contribution in [-0.4, -0.2) is 25.3 Å². The predicted molar refractivity (Wildman–Crippen MR) is 92.3 cm³/mol. The van der Waals surface area contributed by atoms with Gasteiger partial charge in [-0.05, 0) is 55.4 Å². The Balaban J connectivity index is 2.03. The molecule has 24 heavy (non-hydrogen) atoms. The van der Waals surface area contributed by atoms with Gasteiger partial charge in [0.2, 0.25) is 0 Å². The van der Waals surface area contributed by atoms with Crippen molar-refractivity contribution >= 4 is 5.97 Å². The molecule has 0 saturated heterocycles. The highest BCUT2D eigenvalue weighted by molar-refractivity contribution is 5.89. The Kier molecular flexibility index (Phi) is 4.74. The van der Waals surface area contributed by atoms with E-state index >= 15 is 0 Å². The van der Waals surface area contributed by atoms with E-state index in [2.05, 4.69) is 0 Å². The first-order chi connectivity index (χ1) is 11.7. The SMILES string of the molecule is COc1ccc(OC)c2c1CCCC2Cc1ccccc1C(=O)O. The molecule has 4 nitrogen and oxygen atoms in total. The van der Waals surface area contributed by atoms with Crippen molar-refractivity contribution in [2.24, 2.45) is 0 Å². The van der Waals surface area contributed by atoms with Gasteiger partial charge in [-0.1, -0.05) is 18.2 Å². The highest BCUT2D eigenvalue weighted by atomic mass is 16.5. The molecule has 0 heterocycles. The van der Waals surface area contributed by atoms with Gasteiger partial charge in [0.1, 0.15) is 11.5 Å². The average molecular weight is 326 g/mol.